The van der Waals surface area contributed by atoms with Gasteiger partial charge in [-0.15, -0.1) is 0 Å². The minimum atomic E-state index is -4.19. The van der Waals surface area contributed by atoms with Crippen LogP contribution in [0, 0.1) is 5.82 Å². The Bertz CT molecular complexity index is 791. The van der Waals surface area contributed by atoms with Crippen LogP contribution >= 0.6 is 11.6 Å². The second-order valence-corrected chi connectivity index (χ2v) is 6.04. The zero-order chi connectivity index (χ0) is 15.6. The molecule has 0 aliphatic rings. The second-order valence-electron chi connectivity index (χ2n) is 3.98. The molecule has 1 heterocycles. The maximum absolute atomic E-state index is 13.7. The molecule has 7 nitrogen and oxygen atoms in total. The number of rotatable bonds is 5. The van der Waals surface area contributed by atoms with Crippen molar-refractivity contribution in [1.29, 1.82) is 0 Å². The molecule has 2 rings (SSSR count). The standard InChI is InChI=1S/C11H9ClFN3O4S/c12-8-2-1-3-9(11(8)13)21(19,20)15-7-4-14-16(5-7)6-10(17)18/h1-5,15H,6H2,(H,17,18). The average molecular weight is 334 g/mol. The molecule has 0 aliphatic heterocycles. The molecular formula is C11H9ClFN3O4S. The van der Waals surface area contributed by atoms with Gasteiger partial charge in [-0.3, -0.25) is 14.2 Å². The molecule has 0 atom stereocenters. The third-order valence-electron chi connectivity index (χ3n) is 2.39. The SMILES string of the molecule is O=C(O)Cn1cc(NS(=O)(=O)c2cccc(Cl)c2F)cn1. The Hall–Kier alpha value is -2.13. The first-order chi connectivity index (χ1) is 9.79. The number of carbonyl (C=O) groups is 1. The monoisotopic (exact) mass is 333 g/mol. The topological polar surface area (TPSA) is 101 Å². The van der Waals surface area contributed by atoms with E-state index < -0.39 is 33.3 Å². The van der Waals surface area contributed by atoms with Crippen molar-refractivity contribution in [3.8, 4) is 0 Å². The lowest BCUT2D eigenvalue weighted by molar-refractivity contribution is -0.137. The van der Waals surface area contributed by atoms with E-state index in [-0.39, 0.29) is 10.7 Å². The van der Waals surface area contributed by atoms with Gasteiger partial charge in [0.2, 0.25) is 0 Å². The lowest BCUT2D eigenvalue weighted by Crippen LogP contribution is -2.14. The molecule has 0 saturated heterocycles. The fourth-order valence-electron chi connectivity index (χ4n) is 1.54. The van der Waals surface area contributed by atoms with Crippen LogP contribution in [0.15, 0.2) is 35.5 Å². The number of nitrogens with zero attached hydrogens (tertiary/aromatic N) is 2. The summed E-state index contributed by atoms with van der Waals surface area (Å²) < 4.78 is 40.9. The zero-order valence-corrected chi connectivity index (χ0v) is 11.9. The van der Waals surface area contributed by atoms with Crippen LogP contribution in [-0.4, -0.2) is 29.3 Å². The summed E-state index contributed by atoms with van der Waals surface area (Å²) in [6.45, 7) is -0.423. The molecule has 10 heteroatoms. The number of hydrogen-bond acceptors (Lipinski definition) is 4. The first-order valence-corrected chi connectivity index (χ1v) is 7.37. The zero-order valence-electron chi connectivity index (χ0n) is 10.3. The number of aliphatic carboxylic acids is 1. The largest absolute Gasteiger partial charge is 0.480 e. The molecule has 0 fully saturated rings. The van der Waals surface area contributed by atoms with Gasteiger partial charge >= 0.3 is 5.97 Å². The van der Waals surface area contributed by atoms with Crippen molar-refractivity contribution in [2.45, 2.75) is 11.4 Å². The van der Waals surface area contributed by atoms with E-state index in [1.807, 2.05) is 0 Å². The number of carboxylic acids is 1. The number of sulfonamides is 1. The summed E-state index contributed by atoms with van der Waals surface area (Å²) in [5.41, 5.74) is 0.00984. The highest BCUT2D eigenvalue weighted by molar-refractivity contribution is 7.92. The first-order valence-electron chi connectivity index (χ1n) is 5.50. The lowest BCUT2D eigenvalue weighted by atomic mass is 10.3. The first kappa shape index (κ1) is 15.3. The van der Waals surface area contributed by atoms with Gasteiger partial charge in [-0.2, -0.15) is 5.10 Å². The third kappa shape index (κ3) is 3.50. The quantitative estimate of drug-likeness (QED) is 0.864. The Labute approximate surface area is 124 Å². The Morgan fingerprint density at radius 2 is 2.19 bits per heavy atom. The molecular weight excluding hydrogens is 325 g/mol. The van der Waals surface area contributed by atoms with E-state index in [4.69, 9.17) is 16.7 Å². The Morgan fingerprint density at radius 1 is 1.48 bits per heavy atom. The molecule has 0 saturated carbocycles. The van der Waals surface area contributed by atoms with Gasteiger partial charge in [0.15, 0.2) is 5.82 Å². The van der Waals surface area contributed by atoms with Crippen molar-refractivity contribution in [3.05, 3.63) is 41.4 Å². The van der Waals surface area contributed by atoms with Gasteiger partial charge in [0.25, 0.3) is 10.0 Å². The summed E-state index contributed by atoms with van der Waals surface area (Å²) in [5.74, 6) is -2.20. The normalized spacial score (nSPS) is 11.3. The van der Waals surface area contributed by atoms with Crippen LogP contribution in [0.25, 0.3) is 0 Å². The number of aromatic nitrogens is 2. The Kier molecular flexibility index (Phi) is 4.14. The van der Waals surface area contributed by atoms with Crippen LogP contribution in [0.5, 0.6) is 0 Å². The number of halogens is 2. The Balaban J connectivity index is 2.27. The molecule has 21 heavy (non-hydrogen) atoms. The summed E-state index contributed by atoms with van der Waals surface area (Å²) >= 11 is 5.54. The van der Waals surface area contributed by atoms with Crippen molar-refractivity contribution in [2.24, 2.45) is 0 Å². The Morgan fingerprint density at radius 3 is 2.86 bits per heavy atom. The molecule has 0 bridgehead atoms. The minimum absolute atomic E-state index is 0.00984. The molecule has 2 aromatic rings. The van der Waals surface area contributed by atoms with Crippen LogP contribution in [0.4, 0.5) is 10.1 Å². The maximum Gasteiger partial charge on any atom is 0.325 e. The number of nitrogens with one attached hydrogen (secondary N) is 1. The summed E-state index contributed by atoms with van der Waals surface area (Å²) in [7, 11) is -4.19. The molecule has 0 spiro atoms. The number of carboxylic acid groups (broad SMARTS) is 1. The van der Waals surface area contributed by atoms with Crippen molar-refractivity contribution in [3.63, 3.8) is 0 Å². The predicted molar refractivity (Wildman–Crippen MR) is 72.1 cm³/mol. The number of benzene rings is 1. The predicted octanol–water partition coefficient (Wildman–Crippen LogP) is 1.56. The molecule has 0 unspecified atom stereocenters. The molecule has 0 radical (unpaired) electrons. The van der Waals surface area contributed by atoms with E-state index >= 15 is 0 Å². The fourth-order valence-corrected chi connectivity index (χ4v) is 2.90. The highest BCUT2D eigenvalue weighted by Gasteiger charge is 2.21. The van der Waals surface area contributed by atoms with Crippen molar-refractivity contribution in [1.82, 2.24) is 9.78 Å². The van der Waals surface area contributed by atoms with Crippen LogP contribution in [0.2, 0.25) is 5.02 Å². The van der Waals surface area contributed by atoms with E-state index in [2.05, 4.69) is 9.82 Å². The average Bonchev–Trinajstić information content (AvgIpc) is 2.78. The smallest absolute Gasteiger partial charge is 0.325 e. The fraction of sp³-hybridized carbons (Fsp3) is 0.0909. The van der Waals surface area contributed by atoms with Crippen molar-refractivity contribution >= 4 is 33.3 Å². The van der Waals surface area contributed by atoms with Crippen LogP contribution in [-0.2, 0) is 21.4 Å². The molecule has 1 aromatic carbocycles. The maximum atomic E-state index is 13.7. The van der Waals surface area contributed by atoms with Crippen LogP contribution in [0.1, 0.15) is 0 Å². The van der Waals surface area contributed by atoms with Crippen molar-refractivity contribution < 1.29 is 22.7 Å². The second kappa shape index (κ2) is 5.70. The molecule has 1 aromatic heterocycles. The van der Waals surface area contributed by atoms with Gasteiger partial charge in [-0.25, -0.2) is 12.8 Å². The lowest BCUT2D eigenvalue weighted by Gasteiger charge is -2.07. The van der Waals surface area contributed by atoms with E-state index in [0.717, 1.165) is 16.9 Å². The molecule has 2 N–H and O–H groups in total. The van der Waals surface area contributed by atoms with E-state index in [1.54, 1.807) is 0 Å². The summed E-state index contributed by atoms with van der Waals surface area (Å²) in [4.78, 5) is 9.89. The number of hydrogen-bond donors (Lipinski definition) is 2. The van der Waals surface area contributed by atoms with Gasteiger partial charge in [0.1, 0.15) is 11.4 Å². The van der Waals surface area contributed by atoms with Crippen molar-refractivity contribution in [2.75, 3.05) is 4.72 Å². The highest BCUT2D eigenvalue weighted by Crippen LogP contribution is 2.23. The molecule has 0 amide bonds. The van der Waals surface area contributed by atoms with Gasteiger partial charge in [0.05, 0.1) is 16.9 Å². The van der Waals surface area contributed by atoms with Crippen LogP contribution < -0.4 is 4.72 Å². The van der Waals surface area contributed by atoms with E-state index in [1.165, 1.54) is 18.3 Å². The summed E-state index contributed by atoms with van der Waals surface area (Å²) in [6, 6.07) is 3.58. The third-order valence-corrected chi connectivity index (χ3v) is 4.08. The minimum Gasteiger partial charge on any atom is -0.480 e. The van der Waals surface area contributed by atoms with Gasteiger partial charge < -0.3 is 5.11 Å². The highest BCUT2D eigenvalue weighted by atomic mass is 35.5. The van der Waals surface area contributed by atoms with E-state index in [9.17, 15) is 17.6 Å². The van der Waals surface area contributed by atoms with Gasteiger partial charge in [-0.05, 0) is 12.1 Å². The van der Waals surface area contributed by atoms with Gasteiger partial charge in [-0.1, -0.05) is 17.7 Å². The summed E-state index contributed by atoms with van der Waals surface area (Å²) in [6.07, 6.45) is 2.29. The summed E-state index contributed by atoms with van der Waals surface area (Å²) in [5, 5.41) is 11.9. The molecule has 112 valence electrons. The number of anilines is 1. The van der Waals surface area contributed by atoms with Gasteiger partial charge in [0, 0.05) is 6.20 Å². The van der Waals surface area contributed by atoms with Crippen LogP contribution in [0.3, 0.4) is 0 Å². The van der Waals surface area contributed by atoms with E-state index in [0.29, 0.717) is 0 Å². The molecule has 0 aliphatic carbocycles.